The van der Waals surface area contributed by atoms with Crippen LogP contribution < -0.4 is 5.11 Å². The number of carboxylic acid groups (broad SMARTS) is 1. The van der Waals surface area contributed by atoms with Crippen molar-refractivity contribution in [3.8, 4) is 0 Å². The van der Waals surface area contributed by atoms with Crippen LogP contribution in [-0.4, -0.2) is 5.97 Å². The van der Waals surface area contributed by atoms with Crippen LogP contribution in [0.1, 0.15) is 18.4 Å². The fraction of sp³-hybridized carbons (Fsp3) is 0.357. The molecule has 84 valence electrons. The molecule has 1 aromatic rings. The Morgan fingerprint density at radius 1 is 1.19 bits per heavy atom. The number of aliphatic carboxylic acids is 1. The second-order valence-corrected chi connectivity index (χ2v) is 4.32. The molecule has 1 aliphatic rings. The van der Waals surface area contributed by atoms with Gasteiger partial charge in [-0.2, -0.15) is 0 Å². The third-order valence-corrected chi connectivity index (χ3v) is 3.21. The topological polar surface area (TPSA) is 40.1 Å². The van der Waals surface area contributed by atoms with E-state index in [2.05, 4.69) is 6.08 Å². The van der Waals surface area contributed by atoms with Crippen molar-refractivity contribution in [1.29, 1.82) is 0 Å². The Kier molecular flexibility index (Phi) is 3.40. The van der Waals surface area contributed by atoms with Crippen LogP contribution in [0.15, 0.2) is 42.5 Å². The predicted octanol–water partition coefficient (Wildman–Crippen LogP) is 1.56. The van der Waals surface area contributed by atoms with E-state index in [4.69, 9.17) is 0 Å². The molecular weight excluding hydrogens is 200 g/mol. The van der Waals surface area contributed by atoms with Gasteiger partial charge < -0.3 is 9.90 Å². The standard InChI is InChI=1S/C14H16O2/c15-14(16)13-9-5-4-8-12(13)10-11-6-2-1-3-7-11/h1-7,12-13H,8-10H2,(H,15,16)/p-1/t12-,13-/m0/s1. The zero-order valence-electron chi connectivity index (χ0n) is 9.13. The smallest absolute Gasteiger partial charge is 0.0451 e. The van der Waals surface area contributed by atoms with Crippen molar-refractivity contribution < 1.29 is 9.90 Å². The summed E-state index contributed by atoms with van der Waals surface area (Å²) < 4.78 is 0. The number of carboxylic acids is 1. The number of hydrogen-bond acceptors (Lipinski definition) is 2. The van der Waals surface area contributed by atoms with Gasteiger partial charge >= 0.3 is 0 Å². The highest BCUT2D eigenvalue weighted by Gasteiger charge is 2.23. The highest BCUT2D eigenvalue weighted by Crippen LogP contribution is 2.28. The molecule has 1 aromatic carbocycles. The first-order valence-corrected chi connectivity index (χ1v) is 5.67. The fourth-order valence-electron chi connectivity index (χ4n) is 2.30. The van der Waals surface area contributed by atoms with E-state index in [9.17, 15) is 9.90 Å². The van der Waals surface area contributed by atoms with E-state index in [0.29, 0.717) is 6.42 Å². The molecule has 16 heavy (non-hydrogen) atoms. The summed E-state index contributed by atoms with van der Waals surface area (Å²) in [7, 11) is 0. The molecule has 2 atom stereocenters. The number of carbonyl (C=O) groups is 1. The molecule has 2 nitrogen and oxygen atoms in total. The zero-order chi connectivity index (χ0) is 11.4. The molecule has 0 aromatic heterocycles. The van der Waals surface area contributed by atoms with Crippen molar-refractivity contribution in [2.24, 2.45) is 11.8 Å². The highest BCUT2D eigenvalue weighted by atomic mass is 16.4. The lowest BCUT2D eigenvalue weighted by Crippen LogP contribution is -2.37. The summed E-state index contributed by atoms with van der Waals surface area (Å²) in [6.07, 6.45) is 6.30. The first-order chi connectivity index (χ1) is 7.77. The van der Waals surface area contributed by atoms with E-state index in [0.717, 1.165) is 12.8 Å². The minimum Gasteiger partial charge on any atom is -0.550 e. The van der Waals surface area contributed by atoms with Gasteiger partial charge in [-0.1, -0.05) is 42.5 Å². The molecule has 0 N–H and O–H groups in total. The summed E-state index contributed by atoms with van der Waals surface area (Å²) in [5, 5.41) is 11.0. The quantitative estimate of drug-likeness (QED) is 0.718. The molecular formula is C14H15O2-. The van der Waals surface area contributed by atoms with Crippen LogP contribution in [0.5, 0.6) is 0 Å². The summed E-state index contributed by atoms with van der Waals surface area (Å²) >= 11 is 0. The third-order valence-electron chi connectivity index (χ3n) is 3.21. The van der Waals surface area contributed by atoms with Crippen LogP contribution in [0.3, 0.4) is 0 Å². The second kappa shape index (κ2) is 4.97. The van der Waals surface area contributed by atoms with Gasteiger partial charge in [0.15, 0.2) is 0 Å². The molecule has 0 saturated heterocycles. The van der Waals surface area contributed by atoms with E-state index >= 15 is 0 Å². The lowest BCUT2D eigenvalue weighted by Gasteiger charge is -2.29. The van der Waals surface area contributed by atoms with E-state index < -0.39 is 5.97 Å². The Morgan fingerprint density at radius 3 is 2.56 bits per heavy atom. The van der Waals surface area contributed by atoms with Crippen LogP contribution in [0.4, 0.5) is 0 Å². The lowest BCUT2D eigenvalue weighted by molar-refractivity contribution is -0.313. The largest absolute Gasteiger partial charge is 0.550 e. The molecule has 0 saturated carbocycles. The minimum atomic E-state index is -0.912. The monoisotopic (exact) mass is 215 g/mol. The van der Waals surface area contributed by atoms with Crippen molar-refractivity contribution in [3.63, 3.8) is 0 Å². The number of hydrogen-bond donors (Lipinski definition) is 0. The van der Waals surface area contributed by atoms with Gasteiger partial charge in [0.1, 0.15) is 0 Å². The summed E-state index contributed by atoms with van der Waals surface area (Å²) in [4.78, 5) is 11.0. The van der Waals surface area contributed by atoms with Gasteiger partial charge in [0, 0.05) is 11.9 Å². The summed E-state index contributed by atoms with van der Waals surface area (Å²) in [6.45, 7) is 0. The van der Waals surface area contributed by atoms with Gasteiger partial charge in [-0.05, 0) is 30.7 Å². The average molecular weight is 215 g/mol. The predicted molar refractivity (Wildman–Crippen MR) is 60.5 cm³/mol. The summed E-state index contributed by atoms with van der Waals surface area (Å²) in [5.41, 5.74) is 1.20. The molecule has 0 radical (unpaired) electrons. The zero-order valence-corrected chi connectivity index (χ0v) is 9.13. The van der Waals surface area contributed by atoms with Gasteiger partial charge in [0.05, 0.1) is 0 Å². The minimum absolute atomic E-state index is 0.178. The first-order valence-electron chi connectivity index (χ1n) is 5.67. The van der Waals surface area contributed by atoms with Gasteiger partial charge in [-0.3, -0.25) is 0 Å². The van der Waals surface area contributed by atoms with E-state index in [-0.39, 0.29) is 11.8 Å². The molecule has 2 rings (SSSR count). The van der Waals surface area contributed by atoms with E-state index in [1.807, 2.05) is 36.4 Å². The summed E-state index contributed by atoms with van der Waals surface area (Å²) in [5.74, 6) is -1.06. The maximum Gasteiger partial charge on any atom is 0.0451 e. The second-order valence-electron chi connectivity index (χ2n) is 4.32. The van der Waals surface area contributed by atoms with Crippen molar-refractivity contribution in [1.82, 2.24) is 0 Å². The number of rotatable bonds is 3. The maximum atomic E-state index is 11.0. The summed E-state index contributed by atoms with van der Waals surface area (Å²) in [6, 6.07) is 10.0. The Morgan fingerprint density at radius 2 is 1.88 bits per heavy atom. The Labute approximate surface area is 95.6 Å². The van der Waals surface area contributed by atoms with Crippen molar-refractivity contribution in [3.05, 3.63) is 48.0 Å². The lowest BCUT2D eigenvalue weighted by atomic mass is 9.79. The van der Waals surface area contributed by atoms with Gasteiger partial charge in [0.25, 0.3) is 0 Å². The van der Waals surface area contributed by atoms with Crippen molar-refractivity contribution in [2.45, 2.75) is 19.3 Å². The van der Waals surface area contributed by atoms with Crippen LogP contribution in [0.2, 0.25) is 0 Å². The van der Waals surface area contributed by atoms with Gasteiger partial charge in [-0.25, -0.2) is 0 Å². The van der Waals surface area contributed by atoms with Crippen LogP contribution >= 0.6 is 0 Å². The van der Waals surface area contributed by atoms with E-state index in [1.54, 1.807) is 0 Å². The Hall–Kier alpha value is -1.57. The molecule has 0 aliphatic heterocycles. The molecule has 0 heterocycles. The maximum absolute atomic E-state index is 11.0. The molecule has 0 amide bonds. The highest BCUT2D eigenvalue weighted by molar-refractivity contribution is 5.68. The fourth-order valence-corrected chi connectivity index (χ4v) is 2.30. The molecule has 0 spiro atoms. The molecule has 0 unspecified atom stereocenters. The molecule has 1 aliphatic carbocycles. The van der Waals surface area contributed by atoms with Crippen LogP contribution in [-0.2, 0) is 11.2 Å². The van der Waals surface area contributed by atoms with Gasteiger partial charge in [-0.15, -0.1) is 0 Å². The molecule has 0 fully saturated rings. The van der Waals surface area contributed by atoms with Gasteiger partial charge in [0.2, 0.25) is 0 Å². The van der Waals surface area contributed by atoms with Crippen molar-refractivity contribution >= 4 is 5.97 Å². The normalized spacial score (nSPS) is 24.2. The number of carbonyl (C=O) groups excluding carboxylic acids is 1. The number of benzene rings is 1. The molecule has 0 bridgehead atoms. The Balaban J connectivity index is 2.08. The Bertz CT molecular complexity index is 381. The van der Waals surface area contributed by atoms with E-state index in [1.165, 1.54) is 5.56 Å². The van der Waals surface area contributed by atoms with Crippen LogP contribution in [0, 0.1) is 11.8 Å². The van der Waals surface area contributed by atoms with Crippen LogP contribution in [0.25, 0.3) is 0 Å². The first kappa shape index (κ1) is 10.9. The molecule has 2 heteroatoms. The number of allylic oxidation sites excluding steroid dienone is 2. The average Bonchev–Trinajstić information content (AvgIpc) is 2.31. The third kappa shape index (κ3) is 2.51. The SMILES string of the molecule is O=C([O-])[C@H]1CC=CC[C@H]1Cc1ccccc1. The van der Waals surface area contributed by atoms with Crippen molar-refractivity contribution in [2.75, 3.05) is 0 Å².